The third kappa shape index (κ3) is 2.33. The lowest BCUT2D eigenvalue weighted by Crippen LogP contribution is -2.18. The average molecular weight is 258 g/mol. The Balaban J connectivity index is 3.06. The van der Waals surface area contributed by atoms with Crippen LogP contribution in [0.5, 0.6) is 5.75 Å². The number of ketones is 1. The number of halogens is 1. The van der Waals surface area contributed by atoms with Gasteiger partial charge in [-0.15, -0.1) is 0 Å². The van der Waals surface area contributed by atoms with Crippen LogP contribution in [0.1, 0.15) is 15.9 Å². The lowest BCUT2D eigenvalue weighted by molar-refractivity contribution is 0.0993. The molecule has 76 valence electrons. The summed E-state index contributed by atoms with van der Waals surface area (Å²) in [6.07, 6.45) is 0. The molecule has 0 fully saturated rings. The molecule has 14 heavy (non-hydrogen) atoms. The Bertz CT molecular complexity index is 340. The van der Waals surface area contributed by atoms with E-state index in [1.165, 1.54) is 6.07 Å². The first-order valence-electron chi connectivity index (χ1n) is 4.23. The van der Waals surface area contributed by atoms with Gasteiger partial charge < -0.3 is 10.4 Å². The van der Waals surface area contributed by atoms with Crippen LogP contribution in [-0.4, -0.2) is 24.5 Å². The number of phenols is 1. The lowest BCUT2D eigenvalue weighted by atomic mass is 10.1. The Labute approximate surface area is 91.3 Å². The van der Waals surface area contributed by atoms with E-state index in [-0.39, 0.29) is 18.1 Å². The van der Waals surface area contributed by atoms with Gasteiger partial charge in [-0.3, -0.25) is 4.79 Å². The summed E-state index contributed by atoms with van der Waals surface area (Å²) in [6.45, 7) is 2.11. The number of benzene rings is 1. The summed E-state index contributed by atoms with van der Waals surface area (Å²) in [5.74, 6) is 0.0721. The maximum atomic E-state index is 11.5. The largest absolute Gasteiger partial charge is 0.507 e. The number of carbonyl (C=O) groups is 1. The number of aromatic hydroxyl groups is 1. The third-order valence-corrected chi connectivity index (χ3v) is 2.93. The van der Waals surface area contributed by atoms with Crippen LogP contribution in [0.3, 0.4) is 0 Å². The van der Waals surface area contributed by atoms with Crippen molar-refractivity contribution < 1.29 is 9.90 Å². The van der Waals surface area contributed by atoms with Crippen LogP contribution in [0.15, 0.2) is 16.6 Å². The molecule has 0 aliphatic rings. The van der Waals surface area contributed by atoms with E-state index >= 15 is 0 Å². The third-order valence-electron chi connectivity index (χ3n) is 1.89. The van der Waals surface area contributed by atoms with E-state index in [0.29, 0.717) is 10.0 Å². The van der Waals surface area contributed by atoms with Crippen LogP contribution in [-0.2, 0) is 0 Å². The zero-order valence-electron chi connectivity index (χ0n) is 8.10. The molecule has 0 aliphatic carbocycles. The summed E-state index contributed by atoms with van der Waals surface area (Å²) in [7, 11) is 1.71. The highest BCUT2D eigenvalue weighted by Crippen LogP contribution is 2.28. The van der Waals surface area contributed by atoms with Crippen molar-refractivity contribution in [2.45, 2.75) is 6.92 Å². The standard InChI is InChI=1S/C10H12BrNO2/c1-6-3-7(9(14)5-12-2)4-8(13)10(6)11/h3-4,12-13H,5H2,1-2H3. The van der Waals surface area contributed by atoms with Gasteiger partial charge in [-0.25, -0.2) is 0 Å². The van der Waals surface area contributed by atoms with Gasteiger partial charge in [-0.05, 0) is 47.6 Å². The number of nitrogens with one attached hydrogen (secondary N) is 1. The van der Waals surface area contributed by atoms with Gasteiger partial charge in [0.15, 0.2) is 5.78 Å². The van der Waals surface area contributed by atoms with Gasteiger partial charge in [-0.2, -0.15) is 0 Å². The normalized spacial score (nSPS) is 10.2. The van der Waals surface area contributed by atoms with E-state index in [1.807, 2.05) is 6.92 Å². The Kier molecular flexibility index (Phi) is 3.66. The minimum Gasteiger partial charge on any atom is -0.507 e. The summed E-state index contributed by atoms with van der Waals surface area (Å²) in [5.41, 5.74) is 1.38. The molecule has 2 N–H and O–H groups in total. The minimum atomic E-state index is -0.0293. The molecule has 3 nitrogen and oxygen atoms in total. The zero-order chi connectivity index (χ0) is 10.7. The second-order valence-electron chi connectivity index (χ2n) is 3.08. The minimum absolute atomic E-state index is 0.0293. The smallest absolute Gasteiger partial charge is 0.176 e. The molecule has 1 rings (SSSR count). The molecule has 0 bridgehead atoms. The van der Waals surface area contributed by atoms with Gasteiger partial charge in [0.25, 0.3) is 0 Å². The second-order valence-corrected chi connectivity index (χ2v) is 3.87. The van der Waals surface area contributed by atoms with Crippen molar-refractivity contribution in [1.29, 1.82) is 0 Å². The van der Waals surface area contributed by atoms with Crippen molar-refractivity contribution in [3.05, 3.63) is 27.7 Å². The number of likely N-dealkylation sites (N-methyl/N-ethyl adjacent to an activating group) is 1. The van der Waals surface area contributed by atoms with Gasteiger partial charge in [0.1, 0.15) is 5.75 Å². The van der Waals surface area contributed by atoms with Crippen LogP contribution in [0.2, 0.25) is 0 Å². The number of hydrogen-bond donors (Lipinski definition) is 2. The molecule has 0 heterocycles. The predicted molar refractivity (Wildman–Crippen MR) is 58.8 cm³/mol. The summed E-state index contributed by atoms with van der Waals surface area (Å²) >= 11 is 3.22. The van der Waals surface area contributed by atoms with Crippen molar-refractivity contribution in [3.8, 4) is 5.75 Å². The molecular weight excluding hydrogens is 246 g/mol. The zero-order valence-corrected chi connectivity index (χ0v) is 9.68. The van der Waals surface area contributed by atoms with Crippen molar-refractivity contribution in [2.24, 2.45) is 0 Å². The highest BCUT2D eigenvalue weighted by molar-refractivity contribution is 9.10. The van der Waals surface area contributed by atoms with Crippen LogP contribution in [0.4, 0.5) is 0 Å². The highest BCUT2D eigenvalue weighted by Gasteiger charge is 2.09. The summed E-state index contributed by atoms with van der Waals surface area (Å²) in [5, 5.41) is 12.3. The van der Waals surface area contributed by atoms with Gasteiger partial charge in [-0.1, -0.05) is 0 Å². The summed E-state index contributed by atoms with van der Waals surface area (Å²) in [4.78, 5) is 11.5. The first kappa shape index (κ1) is 11.2. The Morgan fingerprint density at radius 3 is 2.71 bits per heavy atom. The molecule has 0 amide bonds. The van der Waals surface area contributed by atoms with Crippen LogP contribution >= 0.6 is 15.9 Å². The molecule has 4 heteroatoms. The maximum absolute atomic E-state index is 11.5. The average Bonchev–Trinajstić information content (AvgIpc) is 2.13. The fourth-order valence-corrected chi connectivity index (χ4v) is 1.40. The SMILES string of the molecule is CNCC(=O)c1cc(C)c(Br)c(O)c1. The van der Waals surface area contributed by atoms with E-state index in [9.17, 15) is 9.90 Å². The first-order chi connectivity index (χ1) is 6.56. The monoisotopic (exact) mass is 257 g/mol. The number of carbonyl (C=O) groups excluding carboxylic acids is 1. The highest BCUT2D eigenvalue weighted by atomic mass is 79.9. The van der Waals surface area contributed by atoms with E-state index in [1.54, 1.807) is 13.1 Å². The second kappa shape index (κ2) is 4.57. The van der Waals surface area contributed by atoms with E-state index in [2.05, 4.69) is 21.2 Å². The molecule has 1 aromatic rings. The molecular formula is C10H12BrNO2. The topological polar surface area (TPSA) is 49.3 Å². The predicted octanol–water partition coefficient (Wildman–Crippen LogP) is 1.87. The first-order valence-corrected chi connectivity index (χ1v) is 5.02. The van der Waals surface area contributed by atoms with Crippen LogP contribution in [0, 0.1) is 6.92 Å². The number of hydrogen-bond acceptors (Lipinski definition) is 3. The fourth-order valence-electron chi connectivity index (χ4n) is 1.17. The lowest BCUT2D eigenvalue weighted by Gasteiger charge is -2.05. The molecule has 0 radical (unpaired) electrons. The summed E-state index contributed by atoms with van der Waals surface area (Å²) < 4.78 is 0.638. The van der Waals surface area contributed by atoms with Crippen molar-refractivity contribution >= 4 is 21.7 Å². The van der Waals surface area contributed by atoms with Crippen molar-refractivity contribution in [2.75, 3.05) is 13.6 Å². The molecule has 0 saturated heterocycles. The molecule has 0 spiro atoms. The van der Waals surface area contributed by atoms with Crippen molar-refractivity contribution in [1.82, 2.24) is 5.32 Å². The summed E-state index contributed by atoms with van der Waals surface area (Å²) in [6, 6.07) is 3.22. The maximum Gasteiger partial charge on any atom is 0.176 e. The number of phenolic OH excluding ortho intramolecular Hbond substituents is 1. The number of Topliss-reactive ketones (excluding diaryl/α,β-unsaturated/α-hetero) is 1. The van der Waals surface area contributed by atoms with Gasteiger partial charge >= 0.3 is 0 Å². The van der Waals surface area contributed by atoms with Gasteiger partial charge in [0.2, 0.25) is 0 Å². The quantitative estimate of drug-likeness (QED) is 0.813. The van der Waals surface area contributed by atoms with E-state index in [0.717, 1.165) is 5.56 Å². The van der Waals surface area contributed by atoms with Crippen LogP contribution in [0.25, 0.3) is 0 Å². The Hall–Kier alpha value is -0.870. The van der Waals surface area contributed by atoms with Gasteiger partial charge in [0, 0.05) is 5.56 Å². The molecule has 1 aromatic carbocycles. The Morgan fingerprint density at radius 2 is 2.21 bits per heavy atom. The van der Waals surface area contributed by atoms with E-state index < -0.39 is 0 Å². The van der Waals surface area contributed by atoms with Crippen molar-refractivity contribution in [3.63, 3.8) is 0 Å². The number of aryl methyl sites for hydroxylation is 1. The molecule has 0 aliphatic heterocycles. The Morgan fingerprint density at radius 1 is 1.57 bits per heavy atom. The molecule has 0 unspecified atom stereocenters. The molecule has 0 aromatic heterocycles. The molecule has 0 atom stereocenters. The van der Waals surface area contributed by atoms with E-state index in [4.69, 9.17) is 0 Å². The van der Waals surface area contributed by atoms with Gasteiger partial charge in [0.05, 0.1) is 11.0 Å². The molecule has 0 saturated carbocycles. The van der Waals surface area contributed by atoms with Crippen LogP contribution < -0.4 is 5.32 Å². The number of rotatable bonds is 3. The fraction of sp³-hybridized carbons (Fsp3) is 0.300.